The highest BCUT2D eigenvalue weighted by Gasteiger charge is 2.09. The third-order valence-electron chi connectivity index (χ3n) is 1.95. The lowest BCUT2D eigenvalue weighted by molar-refractivity contribution is -0.0585. The van der Waals surface area contributed by atoms with Crippen molar-refractivity contribution in [3.05, 3.63) is 28.5 Å². The molecule has 1 atom stereocenters. The van der Waals surface area contributed by atoms with Crippen LogP contribution in [0, 0.1) is 5.82 Å². The Hall–Kier alpha value is -0.610. The van der Waals surface area contributed by atoms with Gasteiger partial charge in [0.25, 0.3) is 0 Å². The summed E-state index contributed by atoms with van der Waals surface area (Å²) in [5.41, 5.74) is 0. The van der Waals surface area contributed by atoms with E-state index in [0.29, 0.717) is 10.2 Å². The van der Waals surface area contributed by atoms with Crippen LogP contribution in [0.4, 0.5) is 4.39 Å². The smallest absolute Gasteiger partial charge is 0.199 e. The summed E-state index contributed by atoms with van der Waals surface area (Å²) in [6, 6.07) is 4.66. The fourth-order valence-electron chi connectivity index (χ4n) is 1.16. The monoisotopic (exact) mass is 276 g/mol. The Morgan fingerprint density at radius 2 is 2.20 bits per heavy atom. The van der Waals surface area contributed by atoms with Crippen LogP contribution in [0.1, 0.15) is 19.8 Å². The quantitative estimate of drug-likeness (QED) is 0.763. The predicted molar refractivity (Wildman–Crippen MR) is 60.4 cm³/mol. The Bertz CT molecular complexity index is 317. The Morgan fingerprint density at radius 1 is 1.47 bits per heavy atom. The zero-order chi connectivity index (χ0) is 11.3. The molecule has 1 rings (SSSR count). The van der Waals surface area contributed by atoms with Gasteiger partial charge in [0.1, 0.15) is 11.6 Å². The summed E-state index contributed by atoms with van der Waals surface area (Å²) in [6.45, 7) is 2.04. The molecule has 0 N–H and O–H groups in total. The lowest BCUT2D eigenvalue weighted by Crippen LogP contribution is -2.18. The molecule has 4 heteroatoms. The Balaban J connectivity index is 2.66. The van der Waals surface area contributed by atoms with E-state index in [1.807, 2.05) is 6.92 Å². The molecular formula is C11H14BrFO2. The molecule has 0 bridgehead atoms. The van der Waals surface area contributed by atoms with Crippen LogP contribution in [0.2, 0.25) is 0 Å². The van der Waals surface area contributed by atoms with E-state index in [9.17, 15) is 4.39 Å². The topological polar surface area (TPSA) is 18.5 Å². The lowest BCUT2D eigenvalue weighted by atomic mass is 10.3. The minimum Gasteiger partial charge on any atom is -0.465 e. The first-order chi connectivity index (χ1) is 7.17. The van der Waals surface area contributed by atoms with Crippen molar-refractivity contribution in [2.24, 2.45) is 0 Å². The first-order valence-corrected chi connectivity index (χ1v) is 5.61. The van der Waals surface area contributed by atoms with Gasteiger partial charge in [0, 0.05) is 19.6 Å². The molecule has 15 heavy (non-hydrogen) atoms. The second-order valence-electron chi connectivity index (χ2n) is 3.15. The number of rotatable bonds is 5. The Labute approximate surface area is 97.5 Å². The van der Waals surface area contributed by atoms with Crippen molar-refractivity contribution >= 4 is 15.9 Å². The fraction of sp³-hybridized carbons (Fsp3) is 0.455. The Morgan fingerprint density at radius 3 is 2.73 bits per heavy atom. The van der Waals surface area contributed by atoms with E-state index in [1.165, 1.54) is 6.07 Å². The van der Waals surface area contributed by atoms with Crippen molar-refractivity contribution in [3.63, 3.8) is 0 Å². The summed E-state index contributed by atoms with van der Waals surface area (Å²) >= 11 is 3.08. The Kier molecular flexibility index (Phi) is 5.05. The third kappa shape index (κ3) is 3.80. The molecule has 0 spiro atoms. The van der Waals surface area contributed by atoms with Gasteiger partial charge in [-0.15, -0.1) is 0 Å². The van der Waals surface area contributed by atoms with E-state index in [1.54, 1.807) is 19.2 Å². The molecule has 0 saturated carbocycles. The van der Waals surface area contributed by atoms with Gasteiger partial charge in [-0.2, -0.15) is 0 Å². The van der Waals surface area contributed by atoms with Crippen LogP contribution in [-0.4, -0.2) is 13.4 Å². The summed E-state index contributed by atoms with van der Waals surface area (Å²) in [5.74, 6) is 0.148. The molecule has 0 amide bonds. The summed E-state index contributed by atoms with van der Waals surface area (Å²) in [6.07, 6.45) is 1.43. The average molecular weight is 277 g/mol. The van der Waals surface area contributed by atoms with E-state index >= 15 is 0 Å². The van der Waals surface area contributed by atoms with E-state index < -0.39 is 0 Å². The fourth-order valence-corrected chi connectivity index (χ4v) is 1.41. The van der Waals surface area contributed by atoms with Gasteiger partial charge < -0.3 is 9.47 Å². The lowest BCUT2D eigenvalue weighted by Gasteiger charge is -2.16. The minimum atomic E-state index is -0.334. The van der Waals surface area contributed by atoms with Gasteiger partial charge in [0.2, 0.25) is 0 Å². The largest absolute Gasteiger partial charge is 0.465 e. The zero-order valence-corrected chi connectivity index (χ0v) is 10.4. The number of benzene rings is 1. The minimum absolute atomic E-state index is 0.310. The van der Waals surface area contributed by atoms with E-state index in [0.717, 1.165) is 12.8 Å². The van der Waals surface area contributed by atoms with Crippen LogP contribution in [0.3, 0.4) is 0 Å². The highest BCUT2D eigenvalue weighted by molar-refractivity contribution is 9.10. The molecule has 0 aliphatic heterocycles. The zero-order valence-electron chi connectivity index (χ0n) is 8.80. The SMILES string of the molecule is CCCC(OC)Oc1ccc(Br)c(F)c1. The van der Waals surface area contributed by atoms with Gasteiger partial charge in [-0.25, -0.2) is 4.39 Å². The second kappa shape index (κ2) is 6.08. The summed E-state index contributed by atoms with van der Waals surface area (Å²) < 4.78 is 24.1. The number of ether oxygens (including phenoxy) is 2. The van der Waals surface area contributed by atoms with Crippen molar-refractivity contribution < 1.29 is 13.9 Å². The molecule has 0 radical (unpaired) electrons. The maximum atomic E-state index is 13.2. The molecule has 1 unspecified atom stereocenters. The normalized spacial score (nSPS) is 12.5. The molecule has 0 heterocycles. The van der Waals surface area contributed by atoms with Crippen molar-refractivity contribution in [1.29, 1.82) is 0 Å². The standard InChI is InChI=1S/C11H14BrFO2/c1-3-4-11(14-2)15-8-5-6-9(12)10(13)7-8/h5-7,11H,3-4H2,1-2H3. The number of hydrogen-bond donors (Lipinski definition) is 0. The van der Waals surface area contributed by atoms with Gasteiger partial charge in [0.05, 0.1) is 4.47 Å². The molecule has 0 aliphatic rings. The number of hydrogen-bond acceptors (Lipinski definition) is 2. The molecule has 0 aromatic heterocycles. The van der Waals surface area contributed by atoms with Crippen LogP contribution in [-0.2, 0) is 4.74 Å². The van der Waals surface area contributed by atoms with Crippen molar-refractivity contribution in [2.45, 2.75) is 26.1 Å². The third-order valence-corrected chi connectivity index (χ3v) is 2.59. The number of halogens is 2. The summed E-state index contributed by atoms with van der Waals surface area (Å²) in [5, 5.41) is 0. The first kappa shape index (κ1) is 12.5. The highest BCUT2D eigenvalue weighted by atomic mass is 79.9. The predicted octanol–water partition coefficient (Wildman–Crippen LogP) is 3.74. The maximum absolute atomic E-state index is 13.2. The molecule has 0 saturated heterocycles. The van der Waals surface area contributed by atoms with Gasteiger partial charge in [-0.3, -0.25) is 0 Å². The summed E-state index contributed by atoms with van der Waals surface area (Å²) in [7, 11) is 1.58. The molecule has 2 nitrogen and oxygen atoms in total. The molecule has 0 aliphatic carbocycles. The van der Waals surface area contributed by atoms with E-state index in [-0.39, 0.29) is 12.1 Å². The molecular weight excluding hydrogens is 263 g/mol. The van der Waals surface area contributed by atoms with Gasteiger partial charge in [0.15, 0.2) is 6.29 Å². The van der Waals surface area contributed by atoms with Crippen molar-refractivity contribution in [1.82, 2.24) is 0 Å². The van der Waals surface area contributed by atoms with Crippen LogP contribution >= 0.6 is 15.9 Å². The van der Waals surface area contributed by atoms with Crippen LogP contribution in [0.25, 0.3) is 0 Å². The van der Waals surface area contributed by atoms with E-state index in [4.69, 9.17) is 9.47 Å². The maximum Gasteiger partial charge on any atom is 0.199 e. The van der Waals surface area contributed by atoms with Crippen molar-refractivity contribution in [2.75, 3.05) is 7.11 Å². The summed E-state index contributed by atoms with van der Waals surface area (Å²) in [4.78, 5) is 0. The van der Waals surface area contributed by atoms with Crippen molar-refractivity contribution in [3.8, 4) is 5.75 Å². The molecule has 1 aromatic rings. The molecule has 1 aromatic carbocycles. The van der Waals surface area contributed by atoms with E-state index in [2.05, 4.69) is 15.9 Å². The molecule has 84 valence electrons. The first-order valence-electron chi connectivity index (χ1n) is 4.82. The van der Waals surface area contributed by atoms with Gasteiger partial charge in [-0.1, -0.05) is 13.3 Å². The van der Waals surface area contributed by atoms with Gasteiger partial charge in [-0.05, 0) is 28.1 Å². The average Bonchev–Trinajstić information content (AvgIpc) is 2.23. The van der Waals surface area contributed by atoms with Crippen LogP contribution < -0.4 is 4.74 Å². The van der Waals surface area contributed by atoms with Crippen LogP contribution in [0.5, 0.6) is 5.75 Å². The highest BCUT2D eigenvalue weighted by Crippen LogP contribution is 2.22. The molecule has 0 fully saturated rings. The number of methoxy groups -OCH3 is 1. The second-order valence-corrected chi connectivity index (χ2v) is 4.00. The van der Waals surface area contributed by atoms with Crippen LogP contribution in [0.15, 0.2) is 22.7 Å². The van der Waals surface area contributed by atoms with Gasteiger partial charge >= 0.3 is 0 Å².